The molecule has 2 aromatic rings. The van der Waals surface area contributed by atoms with Gasteiger partial charge >= 0.3 is 0 Å². The normalized spacial score (nSPS) is 10.8. The third-order valence-corrected chi connectivity index (χ3v) is 4.13. The number of rotatable bonds is 9. The fourth-order valence-electron chi connectivity index (χ4n) is 2.40. The van der Waals surface area contributed by atoms with Gasteiger partial charge < -0.3 is 19.1 Å². The highest BCUT2D eigenvalue weighted by Crippen LogP contribution is 2.36. The molecule has 2 aromatic carbocycles. The molecule has 2 rings (SSSR count). The number of nitrogens with zero attached hydrogens (tertiary/aromatic N) is 1. The molecule has 0 fully saturated rings. The minimum Gasteiger partial charge on any atom is -0.491 e. The van der Waals surface area contributed by atoms with E-state index in [4.69, 9.17) is 25.8 Å². The van der Waals surface area contributed by atoms with Crippen molar-refractivity contribution >= 4 is 23.6 Å². The van der Waals surface area contributed by atoms with Crippen LogP contribution in [0.1, 0.15) is 12.5 Å². The number of carbonyl (C=O) groups excluding carboxylic acids is 1. The minimum absolute atomic E-state index is 0.162. The van der Waals surface area contributed by atoms with E-state index in [0.717, 1.165) is 0 Å². The predicted molar refractivity (Wildman–Crippen MR) is 108 cm³/mol. The second-order valence-corrected chi connectivity index (χ2v) is 6.25. The van der Waals surface area contributed by atoms with E-state index < -0.39 is 5.82 Å². The van der Waals surface area contributed by atoms with Crippen LogP contribution in [-0.4, -0.2) is 44.7 Å². The van der Waals surface area contributed by atoms with Crippen LogP contribution >= 0.6 is 11.6 Å². The van der Waals surface area contributed by atoms with Crippen molar-refractivity contribution in [3.05, 3.63) is 58.9 Å². The molecule has 0 aliphatic carbocycles. The summed E-state index contributed by atoms with van der Waals surface area (Å²) in [7, 11) is 3.16. The first-order chi connectivity index (χ1) is 13.5. The van der Waals surface area contributed by atoms with Crippen molar-refractivity contribution in [3.63, 3.8) is 0 Å². The zero-order chi connectivity index (χ0) is 20.5. The molecule has 0 N–H and O–H groups in total. The Bertz CT molecular complexity index is 841. The van der Waals surface area contributed by atoms with E-state index in [0.29, 0.717) is 35.2 Å². The lowest BCUT2D eigenvalue weighted by Crippen LogP contribution is -2.29. The molecule has 28 heavy (non-hydrogen) atoms. The van der Waals surface area contributed by atoms with Crippen molar-refractivity contribution < 1.29 is 23.4 Å². The van der Waals surface area contributed by atoms with E-state index in [-0.39, 0.29) is 18.3 Å². The van der Waals surface area contributed by atoms with Crippen molar-refractivity contribution in [2.75, 3.05) is 33.9 Å². The van der Waals surface area contributed by atoms with Gasteiger partial charge in [0.05, 0.1) is 25.3 Å². The molecule has 0 saturated carbocycles. The monoisotopic (exact) mass is 407 g/mol. The van der Waals surface area contributed by atoms with Crippen molar-refractivity contribution in [1.29, 1.82) is 0 Å². The quantitative estimate of drug-likeness (QED) is 0.577. The number of para-hydroxylation sites is 1. The molecule has 0 aliphatic rings. The minimum atomic E-state index is -0.433. The molecule has 1 amide bonds. The first kappa shape index (κ1) is 21.6. The van der Waals surface area contributed by atoms with Gasteiger partial charge in [0.2, 0.25) is 5.91 Å². The molecule has 150 valence electrons. The summed E-state index contributed by atoms with van der Waals surface area (Å²) < 4.78 is 29.6. The summed E-state index contributed by atoms with van der Waals surface area (Å²) in [6.45, 7) is 2.81. The smallest absolute Gasteiger partial charge is 0.246 e. The first-order valence-electron chi connectivity index (χ1n) is 8.77. The fraction of sp³-hybridized carbons (Fsp3) is 0.286. The first-order valence-corrected chi connectivity index (χ1v) is 9.14. The maximum atomic E-state index is 13.5. The second kappa shape index (κ2) is 10.6. The molecule has 0 bridgehead atoms. The van der Waals surface area contributed by atoms with Gasteiger partial charge in [-0.25, -0.2) is 4.39 Å². The van der Waals surface area contributed by atoms with Gasteiger partial charge in [0, 0.05) is 13.1 Å². The van der Waals surface area contributed by atoms with Crippen LogP contribution in [0.5, 0.6) is 17.2 Å². The van der Waals surface area contributed by atoms with Crippen molar-refractivity contribution in [2.45, 2.75) is 6.92 Å². The van der Waals surface area contributed by atoms with Crippen LogP contribution in [0.2, 0.25) is 5.02 Å². The number of halogens is 2. The van der Waals surface area contributed by atoms with Gasteiger partial charge in [-0.05, 0) is 42.8 Å². The maximum absolute atomic E-state index is 13.5. The van der Waals surface area contributed by atoms with E-state index in [2.05, 4.69) is 0 Å². The average molecular weight is 408 g/mol. The highest BCUT2D eigenvalue weighted by atomic mass is 35.5. The van der Waals surface area contributed by atoms with Crippen LogP contribution < -0.4 is 14.2 Å². The van der Waals surface area contributed by atoms with Crippen molar-refractivity contribution in [2.24, 2.45) is 0 Å². The Kier molecular flexibility index (Phi) is 8.14. The van der Waals surface area contributed by atoms with Crippen LogP contribution in [0.25, 0.3) is 6.08 Å². The average Bonchev–Trinajstić information content (AvgIpc) is 2.67. The van der Waals surface area contributed by atoms with Crippen LogP contribution in [0.4, 0.5) is 4.39 Å². The van der Waals surface area contributed by atoms with Gasteiger partial charge in [0.1, 0.15) is 6.61 Å². The van der Waals surface area contributed by atoms with Gasteiger partial charge in [-0.1, -0.05) is 23.7 Å². The summed E-state index contributed by atoms with van der Waals surface area (Å²) in [5.74, 6) is 0.473. The zero-order valence-electron chi connectivity index (χ0n) is 16.1. The Hall–Kier alpha value is -2.73. The van der Waals surface area contributed by atoms with E-state index in [1.165, 1.54) is 24.2 Å². The van der Waals surface area contributed by atoms with Gasteiger partial charge in [0.25, 0.3) is 0 Å². The summed E-state index contributed by atoms with van der Waals surface area (Å²) in [5.41, 5.74) is 0.707. The Balaban J connectivity index is 1.95. The summed E-state index contributed by atoms with van der Waals surface area (Å²) in [6, 6.07) is 9.58. The number of hydrogen-bond donors (Lipinski definition) is 0. The van der Waals surface area contributed by atoms with E-state index in [1.807, 2.05) is 6.92 Å². The number of likely N-dealkylation sites (N-methyl/N-ethyl adjacent to an activating group) is 1. The Morgan fingerprint density at radius 2 is 1.96 bits per heavy atom. The summed E-state index contributed by atoms with van der Waals surface area (Å²) >= 11 is 6.21. The highest BCUT2D eigenvalue weighted by molar-refractivity contribution is 6.32. The van der Waals surface area contributed by atoms with Gasteiger partial charge in [-0.3, -0.25) is 4.79 Å². The van der Waals surface area contributed by atoms with Crippen LogP contribution in [0.15, 0.2) is 42.5 Å². The molecule has 0 spiro atoms. The lowest BCUT2D eigenvalue weighted by atomic mass is 10.2. The molecule has 5 nitrogen and oxygen atoms in total. The van der Waals surface area contributed by atoms with E-state index in [1.54, 1.807) is 43.5 Å². The topological polar surface area (TPSA) is 48.0 Å². The lowest BCUT2D eigenvalue weighted by Gasteiger charge is -2.16. The van der Waals surface area contributed by atoms with E-state index in [9.17, 15) is 9.18 Å². The SMILES string of the molecule is CCOc1cc(/C=C/C(=O)N(C)CCOc2ccccc2F)cc(Cl)c1OC. The van der Waals surface area contributed by atoms with Gasteiger partial charge in [-0.15, -0.1) is 0 Å². The molecule has 7 heteroatoms. The lowest BCUT2D eigenvalue weighted by molar-refractivity contribution is -0.125. The standard InChI is InChI=1S/C21H23ClFNO4/c1-4-27-19-14-15(13-16(22)21(19)26-3)9-10-20(25)24(2)11-12-28-18-8-6-5-7-17(18)23/h5-10,13-14H,4,11-12H2,1-3H3/b10-9+. The van der Waals surface area contributed by atoms with Crippen LogP contribution in [0, 0.1) is 5.82 Å². The Morgan fingerprint density at radius 1 is 1.21 bits per heavy atom. The van der Waals surface area contributed by atoms with Crippen LogP contribution in [0.3, 0.4) is 0 Å². The van der Waals surface area contributed by atoms with Crippen molar-refractivity contribution in [1.82, 2.24) is 4.90 Å². The number of ether oxygens (including phenoxy) is 3. The molecular formula is C21H23ClFNO4. The third kappa shape index (κ3) is 5.89. The zero-order valence-corrected chi connectivity index (χ0v) is 16.8. The summed E-state index contributed by atoms with van der Waals surface area (Å²) in [4.78, 5) is 13.7. The molecule has 0 aromatic heterocycles. The molecular weight excluding hydrogens is 385 g/mol. The Morgan fingerprint density at radius 3 is 2.64 bits per heavy atom. The number of hydrogen-bond acceptors (Lipinski definition) is 4. The van der Waals surface area contributed by atoms with Crippen LogP contribution in [-0.2, 0) is 4.79 Å². The molecule has 0 radical (unpaired) electrons. The maximum Gasteiger partial charge on any atom is 0.246 e. The van der Waals surface area contributed by atoms with Gasteiger partial charge in [-0.2, -0.15) is 0 Å². The largest absolute Gasteiger partial charge is 0.491 e. The van der Waals surface area contributed by atoms with Crippen molar-refractivity contribution in [3.8, 4) is 17.2 Å². The van der Waals surface area contributed by atoms with E-state index >= 15 is 0 Å². The number of benzene rings is 2. The predicted octanol–water partition coefficient (Wildman–Crippen LogP) is 4.44. The molecule has 0 unspecified atom stereocenters. The van der Waals surface area contributed by atoms with Gasteiger partial charge in [0.15, 0.2) is 23.1 Å². The molecule has 0 saturated heterocycles. The Labute approximate surface area is 169 Å². The molecule has 0 heterocycles. The molecule has 0 atom stereocenters. The molecule has 0 aliphatic heterocycles. The number of methoxy groups -OCH3 is 1. The second-order valence-electron chi connectivity index (χ2n) is 5.84. The summed E-state index contributed by atoms with van der Waals surface area (Å²) in [6.07, 6.45) is 3.07. The summed E-state index contributed by atoms with van der Waals surface area (Å²) in [5, 5.41) is 0.396. The fourth-order valence-corrected chi connectivity index (χ4v) is 2.70. The highest BCUT2D eigenvalue weighted by Gasteiger charge is 2.11. The number of carbonyl (C=O) groups is 1. The third-order valence-electron chi connectivity index (χ3n) is 3.85. The number of amides is 1.